The van der Waals surface area contributed by atoms with Crippen molar-refractivity contribution in [2.75, 3.05) is 5.32 Å². The van der Waals surface area contributed by atoms with E-state index in [0.717, 1.165) is 11.3 Å². The number of carbonyl (C=O) groups excluding carboxylic acids is 2. The second kappa shape index (κ2) is 9.37. The number of anilines is 2. The fraction of sp³-hybridized carbons (Fsp3) is 0.130. The molecule has 5 nitrogen and oxygen atoms in total. The van der Waals surface area contributed by atoms with Crippen LogP contribution < -0.4 is 10.6 Å². The van der Waals surface area contributed by atoms with Gasteiger partial charge in [-0.25, -0.2) is 4.79 Å². The van der Waals surface area contributed by atoms with Crippen molar-refractivity contribution in [3.63, 3.8) is 0 Å². The Bertz CT molecular complexity index is 927. The molecule has 0 aliphatic heterocycles. The number of para-hydroxylation sites is 2. The van der Waals surface area contributed by atoms with Gasteiger partial charge in [0, 0.05) is 12.2 Å². The Labute approximate surface area is 164 Å². The third-order valence-electron chi connectivity index (χ3n) is 4.16. The van der Waals surface area contributed by atoms with Gasteiger partial charge in [0.05, 0.1) is 11.3 Å². The average Bonchev–Trinajstić information content (AvgIpc) is 2.73. The Balaban J connectivity index is 1.61. The predicted molar refractivity (Wildman–Crippen MR) is 109 cm³/mol. The van der Waals surface area contributed by atoms with Crippen LogP contribution in [0, 0.1) is 0 Å². The van der Waals surface area contributed by atoms with Crippen molar-refractivity contribution in [1.82, 2.24) is 5.32 Å². The van der Waals surface area contributed by atoms with E-state index in [9.17, 15) is 9.59 Å². The van der Waals surface area contributed by atoms with Gasteiger partial charge in [0.1, 0.15) is 0 Å². The van der Waals surface area contributed by atoms with E-state index in [0.29, 0.717) is 17.8 Å². The number of esters is 1. The Kier molecular flexibility index (Phi) is 6.41. The van der Waals surface area contributed by atoms with Crippen molar-refractivity contribution in [3.05, 3.63) is 96.1 Å². The number of benzene rings is 3. The lowest BCUT2D eigenvalue weighted by atomic mass is 10.1. The van der Waals surface area contributed by atoms with Gasteiger partial charge in [-0.1, -0.05) is 60.7 Å². The fourth-order valence-electron chi connectivity index (χ4n) is 2.65. The fourth-order valence-corrected chi connectivity index (χ4v) is 2.65. The minimum atomic E-state index is -0.902. The van der Waals surface area contributed by atoms with Crippen molar-refractivity contribution in [1.29, 1.82) is 0 Å². The van der Waals surface area contributed by atoms with E-state index >= 15 is 0 Å². The molecule has 1 amide bonds. The molecule has 0 spiro atoms. The number of ether oxygens (including phenoxy) is 1. The molecule has 0 fully saturated rings. The largest absolute Gasteiger partial charge is 0.449 e. The van der Waals surface area contributed by atoms with Crippen molar-refractivity contribution in [2.45, 2.75) is 19.6 Å². The third-order valence-corrected chi connectivity index (χ3v) is 4.16. The van der Waals surface area contributed by atoms with Crippen molar-refractivity contribution in [2.24, 2.45) is 0 Å². The van der Waals surface area contributed by atoms with Crippen LogP contribution in [0.25, 0.3) is 0 Å². The first-order valence-corrected chi connectivity index (χ1v) is 9.07. The highest BCUT2D eigenvalue weighted by Gasteiger charge is 2.20. The molecule has 0 radical (unpaired) electrons. The lowest BCUT2D eigenvalue weighted by molar-refractivity contribution is -0.129. The Morgan fingerprint density at radius 3 is 2.18 bits per heavy atom. The van der Waals surface area contributed by atoms with Crippen LogP contribution in [0.5, 0.6) is 0 Å². The minimum absolute atomic E-state index is 0.342. The highest BCUT2D eigenvalue weighted by Crippen LogP contribution is 2.21. The zero-order valence-electron chi connectivity index (χ0n) is 15.6. The molecule has 0 aliphatic carbocycles. The summed E-state index contributed by atoms with van der Waals surface area (Å²) in [6, 6.07) is 26.1. The summed E-state index contributed by atoms with van der Waals surface area (Å²) < 4.78 is 5.37. The van der Waals surface area contributed by atoms with Gasteiger partial charge in [-0.2, -0.15) is 0 Å². The number of amides is 1. The summed E-state index contributed by atoms with van der Waals surface area (Å²) in [5.41, 5.74) is 2.83. The van der Waals surface area contributed by atoms with Gasteiger partial charge < -0.3 is 15.4 Å². The molecule has 142 valence electrons. The monoisotopic (exact) mass is 374 g/mol. The van der Waals surface area contributed by atoms with E-state index < -0.39 is 12.1 Å². The molecule has 0 saturated carbocycles. The predicted octanol–water partition coefficient (Wildman–Crippen LogP) is 4.29. The maximum Gasteiger partial charge on any atom is 0.341 e. The third kappa shape index (κ3) is 5.20. The molecule has 2 N–H and O–H groups in total. The molecule has 28 heavy (non-hydrogen) atoms. The summed E-state index contributed by atoms with van der Waals surface area (Å²) in [6.07, 6.45) is -0.902. The Morgan fingerprint density at radius 1 is 0.857 bits per heavy atom. The molecule has 0 saturated heterocycles. The smallest absolute Gasteiger partial charge is 0.341 e. The number of hydrogen-bond acceptors (Lipinski definition) is 4. The summed E-state index contributed by atoms with van der Waals surface area (Å²) in [6.45, 7) is 1.94. The molecular formula is C23H22N2O3. The quantitative estimate of drug-likeness (QED) is 0.606. The molecular weight excluding hydrogens is 352 g/mol. The van der Waals surface area contributed by atoms with Crippen molar-refractivity contribution < 1.29 is 14.3 Å². The molecule has 3 aromatic rings. The van der Waals surface area contributed by atoms with E-state index in [1.54, 1.807) is 25.1 Å². The summed E-state index contributed by atoms with van der Waals surface area (Å²) in [5.74, 6) is -0.896. The van der Waals surface area contributed by atoms with Gasteiger partial charge in [-0.15, -0.1) is 0 Å². The first-order chi connectivity index (χ1) is 13.6. The van der Waals surface area contributed by atoms with Gasteiger partial charge in [-0.3, -0.25) is 4.79 Å². The molecule has 1 atom stereocenters. The highest BCUT2D eigenvalue weighted by molar-refractivity contribution is 5.98. The molecule has 0 aliphatic rings. The van der Waals surface area contributed by atoms with Gasteiger partial charge in [-0.05, 0) is 36.8 Å². The van der Waals surface area contributed by atoms with Gasteiger partial charge in [0.15, 0.2) is 6.10 Å². The lowest BCUT2D eigenvalue weighted by Gasteiger charge is -2.16. The first kappa shape index (κ1) is 19.2. The maximum absolute atomic E-state index is 12.6. The number of hydrogen-bond donors (Lipinski definition) is 2. The maximum atomic E-state index is 12.6. The summed E-state index contributed by atoms with van der Waals surface area (Å²) in [5, 5.41) is 5.98. The van der Waals surface area contributed by atoms with E-state index in [4.69, 9.17) is 4.74 Å². The van der Waals surface area contributed by atoms with Gasteiger partial charge in [0.2, 0.25) is 0 Å². The molecule has 0 bridgehead atoms. The minimum Gasteiger partial charge on any atom is -0.449 e. The molecule has 3 aromatic carbocycles. The first-order valence-electron chi connectivity index (χ1n) is 9.07. The topological polar surface area (TPSA) is 67.4 Å². The second-order valence-electron chi connectivity index (χ2n) is 6.29. The Morgan fingerprint density at radius 2 is 1.46 bits per heavy atom. The van der Waals surface area contributed by atoms with E-state index in [1.165, 1.54) is 0 Å². The van der Waals surface area contributed by atoms with Crippen LogP contribution in [-0.2, 0) is 16.1 Å². The van der Waals surface area contributed by atoms with Gasteiger partial charge >= 0.3 is 5.97 Å². The molecule has 0 unspecified atom stereocenters. The van der Waals surface area contributed by atoms with Crippen LogP contribution >= 0.6 is 0 Å². The van der Waals surface area contributed by atoms with Crippen molar-refractivity contribution in [3.8, 4) is 0 Å². The summed E-state index contributed by atoms with van der Waals surface area (Å²) in [4.78, 5) is 24.9. The average molecular weight is 374 g/mol. The van der Waals surface area contributed by atoms with Crippen molar-refractivity contribution >= 4 is 23.3 Å². The van der Waals surface area contributed by atoms with E-state index in [2.05, 4.69) is 10.6 Å². The Hall–Kier alpha value is -3.60. The molecule has 0 heterocycles. The summed E-state index contributed by atoms with van der Waals surface area (Å²) in [7, 11) is 0. The zero-order valence-corrected chi connectivity index (χ0v) is 15.6. The van der Waals surface area contributed by atoms with E-state index in [-0.39, 0.29) is 5.91 Å². The standard InChI is InChI=1S/C23H22N2O3/c1-17(22(26)24-16-18-10-4-2-5-11-18)28-23(27)20-14-8-9-15-21(20)25-19-12-6-3-7-13-19/h2-15,17,25H,16H2,1H3,(H,24,26)/t17-/m0/s1. The second-order valence-corrected chi connectivity index (χ2v) is 6.29. The molecule has 3 rings (SSSR count). The van der Waals surface area contributed by atoms with Crippen LogP contribution in [0.2, 0.25) is 0 Å². The van der Waals surface area contributed by atoms with Crippen LogP contribution in [0.1, 0.15) is 22.8 Å². The van der Waals surface area contributed by atoms with Crippen LogP contribution in [-0.4, -0.2) is 18.0 Å². The molecule has 5 heteroatoms. The normalized spacial score (nSPS) is 11.3. The number of carbonyl (C=O) groups is 2. The highest BCUT2D eigenvalue weighted by atomic mass is 16.5. The number of rotatable bonds is 7. The van der Waals surface area contributed by atoms with Crippen LogP contribution in [0.3, 0.4) is 0 Å². The lowest BCUT2D eigenvalue weighted by Crippen LogP contribution is -2.35. The van der Waals surface area contributed by atoms with Crippen LogP contribution in [0.15, 0.2) is 84.9 Å². The van der Waals surface area contributed by atoms with Gasteiger partial charge in [0.25, 0.3) is 5.91 Å². The van der Waals surface area contributed by atoms with Crippen LogP contribution in [0.4, 0.5) is 11.4 Å². The summed E-state index contributed by atoms with van der Waals surface area (Å²) >= 11 is 0. The zero-order chi connectivity index (χ0) is 19.8. The SMILES string of the molecule is C[C@H](OC(=O)c1ccccc1Nc1ccccc1)C(=O)NCc1ccccc1. The number of nitrogens with one attached hydrogen (secondary N) is 2. The molecule has 0 aromatic heterocycles. The van der Waals surface area contributed by atoms with E-state index in [1.807, 2.05) is 66.7 Å².